The van der Waals surface area contributed by atoms with Gasteiger partial charge >= 0.3 is 0 Å². The maximum atomic E-state index is 12.9. The van der Waals surface area contributed by atoms with E-state index in [0.29, 0.717) is 17.3 Å². The summed E-state index contributed by atoms with van der Waals surface area (Å²) in [5, 5.41) is 21.8. The molecule has 1 aromatic heterocycles. The van der Waals surface area contributed by atoms with Crippen LogP contribution in [0.15, 0.2) is 52.7 Å². The standard InChI is InChI=1S/C18H17FN4OS/c1-10(2)11-3-8-15-14(9-11)16(17(24)21-15)22-23-18(25)20-13-6-4-12(19)5-7-13/h3-10,21,24H,1-2H3,(H,20,25). The Morgan fingerprint density at radius 2 is 1.92 bits per heavy atom. The van der Waals surface area contributed by atoms with Crippen LogP contribution in [-0.4, -0.2) is 15.2 Å². The van der Waals surface area contributed by atoms with Crippen molar-refractivity contribution in [3.63, 3.8) is 0 Å². The van der Waals surface area contributed by atoms with Crippen LogP contribution < -0.4 is 5.32 Å². The van der Waals surface area contributed by atoms with Gasteiger partial charge in [-0.25, -0.2) is 4.39 Å². The van der Waals surface area contributed by atoms with E-state index in [9.17, 15) is 9.50 Å². The van der Waals surface area contributed by atoms with Gasteiger partial charge in [0, 0.05) is 11.1 Å². The number of anilines is 1. The van der Waals surface area contributed by atoms with Crippen LogP contribution in [0.4, 0.5) is 15.8 Å². The molecule has 0 saturated heterocycles. The number of halogens is 1. The van der Waals surface area contributed by atoms with Crippen LogP contribution in [0.25, 0.3) is 10.9 Å². The summed E-state index contributed by atoms with van der Waals surface area (Å²) in [5.41, 5.74) is 2.85. The predicted octanol–water partition coefficient (Wildman–Crippen LogP) is 5.62. The molecule has 2 aromatic carbocycles. The number of azo groups is 1. The van der Waals surface area contributed by atoms with E-state index in [1.807, 2.05) is 18.2 Å². The third kappa shape index (κ3) is 3.83. The Balaban J connectivity index is 1.84. The first kappa shape index (κ1) is 17.0. The average molecular weight is 356 g/mol. The van der Waals surface area contributed by atoms with E-state index in [-0.39, 0.29) is 16.8 Å². The molecule has 0 fully saturated rings. The molecule has 7 heteroatoms. The van der Waals surface area contributed by atoms with Gasteiger partial charge in [-0.3, -0.25) is 0 Å². The molecule has 0 bridgehead atoms. The van der Waals surface area contributed by atoms with Crippen LogP contribution in [0, 0.1) is 5.82 Å². The fourth-order valence-electron chi connectivity index (χ4n) is 2.42. The van der Waals surface area contributed by atoms with E-state index in [4.69, 9.17) is 12.2 Å². The predicted molar refractivity (Wildman–Crippen MR) is 101 cm³/mol. The number of aromatic amines is 1. The number of aromatic nitrogens is 1. The minimum Gasteiger partial charge on any atom is -0.493 e. The highest BCUT2D eigenvalue weighted by Crippen LogP contribution is 2.37. The highest BCUT2D eigenvalue weighted by Gasteiger charge is 2.12. The number of H-pyrrole nitrogens is 1. The number of nitrogens with one attached hydrogen (secondary N) is 2. The Kier molecular flexibility index (Phi) is 4.76. The first-order chi connectivity index (χ1) is 11.9. The van der Waals surface area contributed by atoms with Crippen molar-refractivity contribution >= 4 is 39.6 Å². The van der Waals surface area contributed by atoms with Gasteiger partial charge in [-0.2, -0.15) is 0 Å². The Morgan fingerprint density at radius 3 is 2.60 bits per heavy atom. The topological polar surface area (TPSA) is 72.8 Å². The van der Waals surface area contributed by atoms with Gasteiger partial charge in [-0.15, -0.1) is 10.2 Å². The maximum absolute atomic E-state index is 12.9. The molecule has 0 atom stereocenters. The molecule has 0 saturated carbocycles. The zero-order valence-corrected chi connectivity index (χ0v) is 14.6. The van der Waals surface area contributed by atoms with Crippen LogP contribution >= 0.6 is 12.2 Å². The first-order valence-corrected chi connectivity index (χ1v) is 8.17. The summed E-state index contributed by atoms with van der Waals surface area (Å²) >= 11 is 5.12. The van der Waals surface area contributed by atoms with Gasteiger partial charge in [-0.1, -0.05) is 19.9 Å². The third-order valence-electron chi connectivity index (χ3n) is 3.78. The fraction of sp³-hybridized carbons (Fsp3) is 0.167. The highest BCUT2D eigenvalue weighted by atomic mass is 32.1. The second-order valence-corrected chi connectivity index (χ2v) is 6.31. The molecule has 3 rings (SSSR count). The molecule has 0 amide bonds. The van der Waals surface area contributed by atoms with Gasteiger partial charge in [0.15, 0.2) is 5.69 Å². The van der Waals surface area contributed by atoms with Gasteiger partial charge in [0.2, 0.25) is 11.0 Å². The lowest BCUT2D eigenvalue weighted by Gasteiger charge is -2.04. The normalized spacial score (nSPS) is 11.5. The fourth-order valence-corrected chi connectivity index (χ4v) is 2.58. The van der Waals surface area contributed by atoms with Crippen LogP contribution in [-0.2, 0) is 0 Å². The van der Waals surface area contributed by atoms with Crippen molar-refractivity contribution in [2.75, 3.05) is 5.32 Å². The minimum atomic E-state index is -0.331. The van der Waals surface area contributed by atoms with Crippen LogP contribution in [0.2, 0.25) is 0 Å². The van der Waals surface area contributed by atoms with Crippen LogP contribution in [0.3, 0.4) is 0 Å². The molecular formula is C18H17FN4OS. The smallest absolute Gasteiger partial charge is 0.218 e. The number of hydrogen-bond donors (Lipinski definition) is 3. The summed E-state index contributed by atoms with van der Waals surface area (Å²) in [6.45, 7) is 4.19. The number of fused-ring (bicyclic) bond motifs is 1. The number of hydrogen-bond acceptors (Lipinski definition) is 3. The van der Waals surface area contributed by atoms with Gasteiger partial charge in [-0.05, 0) is 60.1 Å². The Labute approximate surface area is 149 Å². The third-order valence-corrected chi connectivity index (χ3v) is 3.96. The Bertz CT molecular complexity index is 948. The maximum Gasteiger partial charge on any atom is 0.218 e. The van der Waals surface area contributed by atoms with E-state index < -0.39 is 0 Å². The van der Waals surface area contributed by atoms with Crippen molar-refractivity contribution in [3.05, 3.63) is 53.8 Å². The van der Waals surface area contributed by atoms with E-state index in [2.05, 4.69) is 34.4 Å². The molecule has 0 aliphatic carbocycles. The summed E-state index contributed by atoms with van der Waals surface area (Å²) in [6, 6.07) is 11.6. The van der Waals surface area contributed by atoms with Crippen molar-refractivity contribution in [1.29, 1.82) is 0 Å². The molecule has 25 heavy (non-hydrogen) atoms. The Hall–Kier alpha value is -2.80. The molecule has 5 nitrogen and oxygen atoms in total. The molecular weight excluding hydrogens is 339 g/mol. The van der Waals surface area contributed by atoms with Crippen LogP contribution in [0.5, 0.6) is 5.88 Å². The zero-order valence-electron chi connectivity index (χ0n) is 13.7. The van der Waals surface area contributed by atoms with Crippen molar-refractivity contribution < 1.29 is 9.50 Å². The summed E-state index contributed by atoms with van der Waals surface area (Å²) in [4.78, 5) is 2.87. The second-order valence-electron chi connectivity index (χ2n) is 5.92. The second kappa shape index (κ2) is 6.98. The first-order valence-electron chi connectivity index (χ1n) is 7.77. The lowest BCUT2D eigenvalue weighted by molar-refractivity contribution is 0.459. The monoisotopic (exact) mass is 356 g/mol. The van der Waals surface area contributed by atoms with Crippen molar-refractivity contribution in [2.45, 2.75) is 19.8 Å². The average Bonchev–Trinajstić information content (AvgIpc) is 2.89. The van der Waals surface area contributed by atoms with E-state index >= 15 is 0 Å². The molecule has 0 unspecified atom stereocenters. The number of rotatable bonds is 3. The van der Waals surface area contributed by atoms with Crippen molar-refractivity contribution in [2.24, 2.45) is 10.2 Å². The number of nitrogens with zero attached hydrogens (tertiary/aromatic N) is 2. The zero-order chi connectivity index (χ0) is 18.0. The summed E-state index contributed by atoms with van der Waals surface area (Å²) in [7, 11) is 0. The minimum absolute atomic E-state index is 0.0655. The molecule has 128 valence electrons. The Morgan fingerprint density at radius 1 is 1.20 bits per heavy atom. The highest BCUT2D eigenvalue weighted by molar-refractivity contribution is 7.80. The molecule has 0 aliphatic rings. The molecule has 0 radical (unpaired) electrons. The summed E-state index contributed by atoms with van der Waals surface area (Å²) in [6.07, 6.45) is 0. The van der Waals surface area contributed by atoms with Crippen LogP contribution in [0.1, 0.15) is 25.3 Å². The number of thiocarbonyl (C=S) groups is 1. The number of aromatic hydroxyl groups is 1. The van der Waals surface area contributed by atoms with Gasteiger partial charge in [0.25, 0.3) is 0 Å². The lowest BCUT2D eigenvalue weighted by Crippen LogP contribution is -2.04. The summed E-state index contributed by atoms with van der Waals surface area (Å²) in [5.74, 6) is -0.0422. The van der Waals surface area contributed by atoms with E-state index in [1.165, 1.54) is 12.1 Å². The molecule has 1 heterocycles. The van der Waals surface area contributed by atoms with E-state index in [0.717, 1.165) is 16.5 Å². The molecule has 3 N–H and O–H groups in total. The summed E-state index contributed by atoms with van der Waals surface area (Å²) < 4.78 is 12.9. The SMILES string of the molecule is CC(C)c1ccc2[nH]c(O)c(N=NC(=S)Nc3ccc(F)cc3)c2c1. The quantitative estimate of drug-likeness (QED) is 0.421. The molecule has 0 spiro atoms. The van der Waals surface area contributed by atoms with Crippen molar-refractivity contribution in [1.82, 2.24) is 4.98 Å². The largest absolute Gasteiger partial charge is 0.493 e. The molecule has 0 aliphatic heterocycles. The van der Waals surface area contributed by atoms with E-state index in [1.54, 1.807) is 12.1 Å². The number of benzene rings is 2. The molecule has 3 aromatic rings. The van der Waals surface area contributed by atoms with Gasteiger partial charge < -0.3 is 15.4 Å². The lowest BCUT2D eigenvalue weighted by atomic mass is 10.0. The van der Waals surface area contributed by atoms with Crippen molar-refractivity contribution in [3.8, 4) is 5.88 Å². The van der Waals surface area contributed by atoms with Gasteiger partial charge in [0.1, 0.15) is 5.82 Å². The van der Waals surface area contributed by atoms with Gasteiger partial charge in [0.05, 0.1) is 5.52 Å².